The van der Waals surface area contributed by atoms with Gasteiger partial charge >= 0.3 is 11.9 Å². The van der Waals surface area contributed by atoms with E-state index in [1.807, 2.05) is 6.92 Å². The summed E-state index contributed by atoms with van der Waals surface area (Å²) in [7, 11) is 0. The minimum atomic E-state index is -0.741. The quantitative estimate of drug-likeness (QED) is 0.221. The minimum absolute atomic E-state index is 0.201. The molecule has 0 saturated heterocycles. The van der Waals surface area contributed by atoms with Gasteiger partial charge in [-0.25, -0.2) is 9.59 Å². The number of esters is 2. The first-order chi connectivity index (χ1) is 6.99. The van der Waals surface area contributed by atoms with Crippen molar-refractivity contribution in [2.45, 2.75) is 20.3 Å². The van der Waals surface area contributed by atoms with E-state index in [9.17, 15) is 9.59 Å². The second kappa shape index (κ2) is 6.81. The van der Waals surface area contributed by atoms with Crippen LogP contribution in [0.1, 0.15) is 20.3 Å². The summed E-state index contributed by atoms with van der Waals surface area (Å²) in [6.07, 6.45) is 0.571. The zero-order valence-electron chi connectivity index (χ0n) is 9.17. The van der Waals surface area contributed by atoms with Crippen molar-refractivity contribution in [2.24, 2.45) is 0 Å². The fraction of sp³-hybridized carbons (Fsp3) is 0.455. The summed E-state index contributed by atoms with van der Waals surface area (Å²) in [6, 6.07) is 0. The van der Waals surface area contributed by atoms with Gasteiger partial charge in [-0.15, -0.1) is 6.58 Å². The average molecular weight is 212 g/mol. The summed E-state index contributed by atoms with van der Waals surface area (Å²) in [5, 5.41) is 0. The fourth-order valence-corrected chi connectivity index (χ4v) is 0.707. The molecule has 0 spiro atoms. The lowest BCUT2D eigenvalue weighted by Crippen LogP contribution is -2.17. The van der Waals surface area contributed by atoms with Crippen LogP contribution in [-0.4, -0.2) is 25.2 Å². The predicted octanol–water partition coefficient (Wildman–Crippen LogP) is 1.62. The van der Waals surface area contributed by atoms with E-state index in [2.05, 4.69) is 17.9 Å². The van der Waals surface area contributed by atoms with Crippen molar-refractivity contribution in [1.82, 2.24) is 0 Å². The molecule has 15 heavy (non-hydrogen) atoms. The maximum atomic E-state index is 11.2. The lowest BCUT2D eigenvalue weighted by Gasteiger charge is -2.06. The van der Waals surface area contributed by atoms with E-state index in [-0.39, 0.29) is 18.8 Å². The van der Waals surface area contributed by atoms with Crippen molar-refractivity contribution in [3.63, 3.8) is 0 Å². The smallest absolute Gasteiger partial charge is 0.344 e. The van der Waals surface area contributed by atoms with Crippen LogP contribution >= 0.6 is 0 Å². The van der Waals surface area contributed by atoms with Crippen LogP contribution in [0, 0.1) is 0 Å². The molecule has 0 aliphatic heterocycles. The molecular weight excluding hydrogens is 196 g/mol. The predicted molar refractivity (Wildman–Crippen MR) is 56.2 cm³/mol. The lowest BCUT2D eigenvalue weighted by molar-refractivity contribution is -0.146. The molecule has 0 saturated carbocycles. The Morgan fingerprint density at radius 2 is 1.67 bits per heavy atom. The van der Waals surface area contributed by atoms with Crippen LogP contribution in [0.3, 0.4) is 0 Å². The Morgan fingerprint density at radius 1 is 1.13 bits per heavy atom. The van der Waals surface area contributed by atoms with E-state index in [0.717, 1.165) is 5.57 Å². The maximum Gasteiger partial charge on any atom is 0.344 e. The van der Waals surface area contributed by atoms with Gasteiger partial charge in [0, 0.05) is 6.42 Å². The summed E-state index contributed by atoms with van der Waals surface area (Å²) in [5.41, 5.74) is 0.628. The molecule has 0 N–H and O–H groups in total. The summed E-state index contributed by atoms with van der Waals surface area (Å²) >= 11 is 0. The van der Waals surface area contributed by atoms with Crippen LogP contribution in [0.4, 0.5) is 0 Å². The Morgan fingerprint density at radius 3 is 2.13 bits per heavy atom. The molecule has 0 unspecified atom stereocenters. The van der Waals surface area contributed by atoms with Crippen molar-refractivity contribution in [3.05, 3.63) is 24.3 Å². The van der Waals surface area contributed by atoms with Gasteiger partial charge < -0.3 is 9.47 Å². The van der Waals surface area contributed by atoms with Gasteiger partial charge in [0.15, 0.2) is 0 Å². The van der Waals surface area contributed by atoms with Crippen LogP contribution < -0.4 is 0 Å². The van der Waals surface area contributed by atoms with Gasteiger partial charge in [-0.3, -0.25) is 0 Å². The number of hydrogen-bond donors (Lipinski definition) is 0. The molecule has 0 rings (SSSR count). The molecule has 0 bridgehead atoms. The van der Waals surface area contributed by atoms with Gasteiger partial charge in [-0.05, 0) is 13.8 Å². The first-order valence-corrected chi connectivity index (χ1v) is 4.66. The molecule has 0 fully saturated rings. The molecule has 0 aromatic carbocycles. The standard InChI is InChI=1S/C11H16O4/c1-5-14-10(12)9(4)11(13)15-7-6-8(2)3/h2,4-7H2,1,3H3. The van der Waals surface area contributed by atoms with Crippen molar-refractivity contribution < 1.29 is 19.1 Å². The highest BCUT2D eigenvalue weighted by Gasteiger charge is 2.17. The summed E-state index contributed by atoms with van der Waals surface area (Å²) < 4.78 is 9.38. The number of hydrogen-bond acceptors (Lipinski definition) is 4. The van der Waals surface area contributed by atoms with Crippen LogP contribution in [0.15, 0.2) is 24.3 Å². The fourth-order valence-electron chi connectivity index (χ4n) is 0.707. The average Bonchev–Trinajstić information content (AvgIpc) is 2.16. The molecule has 84 valence electrons. The van der Waals surface area contributed by atoms with E-state index in [0.29, 0.717) is 6.42 Å². The second-order valence-corrected chi connectivity index (χ2v) is 3.04. The Bertz CT molecular complexity index is 278. The van der Waals surface area contributed by atoms with E-state index in [1.54, 1.807) is 6.92 Å². The zero-order valence-corrected chi connectivity index (χ0v) is 9.17. The Kier molecular flexibility index (Phi) is 6.09. The number of carbonyl (C=O) groups excluding carboxylic acids is 2. The molecule has 0 aliphatic rings. The third-order valence-corrected chi connectivity index (χ3v) is 1.53. The van der Waals surface area contributed by atoms with Crippen molar-refractivity contribution in [1.29, 1.82) is 0 Å². The highest BCUT2D eigenvalue weighted by Crippen LogP contribution is 2.01. The molecular formula is C11H16O4. The van der Waals surface area contributed by atoms with E-state index in [4.69, 9.17) is 4.74 Å². The molecule has 0 aromatic heterocycles. The summed E-state index contributed by atoms with van der Waals surface area (Å²) in [6.45, 7) is 10.8. The molecule has 4 nitrogen and oxygen atoms in total. The SMILES string of the molecule is C=C(C)CCOC(=O)C(=C)C(=O)OCC. The van der Waals surface area contributed by atoms with Crippen molar-refractivity contribution in [2.75, 3.05) is 13.2 Å². The van der Waals surface area contributed by atoms with Gasteiger partial charge in [0.05, 0.1) is 13.2 Å². The van der Waals surface area contributed by atoms with E-state index >= 15 is 0 Å². The topological polar surface area (TPSA) is 52.6 Å². The van der Waals surface area contributed by atoms with Crippen LogP contribution in [0.2, 0.25) is 0 Å². The second-order valence-electron chi connectivity index (χ2n) is 3.04. The number of carbonyl (C=O) groups is 2. The molecule has 0 heterocycles. The third kappa shape index (κ3) is 5.67. The molecule has 0 atom stereocenters. The third-order valence-electron chi connectivity index (χ3n) is 1.53. The Labute approximate surface area is 89.6 Å². The minimum Gasteiger partial charge on any atom is -0.462 e. The normalized spacial score (nSPS) is 9.20. The first kappa shape index (κ1) is 13.4. The van der Waals surface area contributed by atoms with Crippen LogP contribution in [-0.2, 0) is 19.1 Å². The van der Waals surface area contributed by atoms with Gasteiger partial charge in [-0.1, -0.05) is 12.2 Å². The maximum absolute atomic E-state index is 11.2. The highest BCUT2D eigenvalue weighted by molar-refractivity contribution is 6.13. The van der Waals surface area contributed by atoms with Gasteiger partial charge in [0.2, 0.25) is 0 Å². The molecule has 0 radical (unpaired) electrons. The highest BCUT2D eigenvalue weighted by atomic mass is 16.6. The Balaban J connectivity index is 3.94. The number of rotatable bonds is 6. The van der Waals surface area contributed by atoms with Crippen molar-refractivity contribution in [3.8, 4) is 0 Å². The van der Waals surface area contributed by atoms with E-state index < -0.39 is 11.9 Å². The van der Waals surface area contributed by atoms with E-state index in [1.165, 1.54) is 0 Å². The lowest BCUT2D eigenvalue weighted by atomic mass is 10.2. The summed E-state index contributed by atoms with van der Waals surface area (Å²) in [5.74, 6) is -1.48. The van der Waals surface area contributed by atoms with Crippen LogP contribution in [0.5, 0.6) is 0 Å². The van der Waals surface area contributed by atoms with Gasteiger partial charge in [0.1, 0.15) is 5.57 Å². The largest absolute Gasteiger partial charge is 0.462 e. The van der Waals surface area contributed by atoms with Gasteiger partial charge in [0.25, 0.3) is 0 Å². The molecule has 0 aliphatic carbocycles. The van der Waals surface area contributed by atoms with Crippen LogP contribution in [0.25, 0.3) is 0 Å². The number of ether oxygens (including phenoxy) is 2. The molecule has 0 aromatic rings. The zero-order chi connectivity index (χ0) is 11.8. The van der Waals surface area contributed by atoms with Crippen molar-refractivity contribution >= 4 is 11.9 Å². The van der Waals surface area contributed by atoms with Gasteiger partial charge in [-0.2, -0.15) is 0 Å². The first-order valence-electron chi connectivity index (χ1n) is 4.66. The summed E-state index contributed by atoms with van der Waals surface area (Å²) in [4.78, 5) is 22.2. The molecule has 4 heteroatoms. The Hall–Kier alpha value is -1.58. The monoisotopic (exact) mass is 212 g/mol. The molecule has 0 amide bonds.